The molecular formula is C12H26IN3S2. The molecule has 3 nitrogen and oxygen atoms in total. The number of nitrogens with one attached hydrogen (secondary N) is 1. The van der Waals surface area contributed by atoms with Crippen molar-refractivity contribution >= 4 is 53.5 Å². The normalized spacial score (nSPS) is 21.2. The fraction of sp³-hybridized carbons (Fsp3) is 0.917. The van der Waals surface area contributed by atoms with Gasteiger partial charge in [0.05, 0.1) is 0 Å². The van der Waals surface area contributed by atoms with E-state index in [1.165, 1.54) is 5.75 Å². The van der Waals surface area contributed by atoms with Crippen LogP contribution in [0, 0.1) is 0 Å². The summed E-state index contributed by atoms with van der Waals surface area (Å²) in [6.45, 7) is 10.0. The molecule has 6 heteroatoms. The van der Waals surface area contributed by atoms with Crippen molar-refractivity contribution in [1.29, 1.82) is 0 Å². The predicted octanol–water partition coefficient (Wildman–Crippen LogP) is 2.76. The number of rotatable bonds is 3. The molecule has 108 valence electrons. The number of nitrogens with zero attached hydrogens (tertiary/aromatic N) is 2. The fourth-order valence-electron chi connectivity index (χ4n) is 1.85. The van der Waals surface area contributed by atoms with Gasteiger partial charge in [0, 0.05) is 42.4 Å². The zero-order valence-corrected chi connectivity index (χ0v) is 16.0. The molecule has 1 aliphatic rings. The summed E-state index contributed by atoms with van der Waals surface area (Å²) in [5, 5.41) is 4.10. The first-order valence-electron chi connectivity index (χ1n) is 6.11. The topological polar surface area (TPSA) is 27.6 Å². The van der Waals surface area contributed by atoms with Crippen LogP contribution in [0.1, 0.15) is 20.8 Å². The minimum absolute atomic E-state index is 0. The van der Waals surface area contributed by atoms with Crippen LogP contribution in [-0.2, 0) is 0 Å². The summed E-state index contributed by atoms with van der Waals surface area (Å²) in [6, 6.07) is 0. The Morgan fingerprint density at radius 3 is 2.72 bits per heavy atom. The molecule has 0 spiro atoms. The van der Waals surface area contributed by atoms with Gasteiger partial charge >= 0.3 is 0 Å². The van der Waals surface area contributed by atoms with E-state index in [9.17, 15) is 0 Å². The molecule has 0 aromatic carbocycles. The Morgan fingerprint density at radius 1 is 1.56 bits per heavy atom. The second-order valence-electron chi connectivity index (χ2n) is 5.00. The van der Waals surface area contributed by atoms with E-state index in [1.54, 1.807) is 0 Å². The van der Waals surface area contributed by atoms with Gasteiger partial charge in [-0.2, -0.15) is 23.5 Å². The summed E-state index contributed by atoms with van der Waals surface area (Å²) in [7, 11) is 1.88. The van der Waals surface area contributed by atoms with Gasteiger partial charge in [0.15, 0.2) is 5.96 Å². The average molecular weight is 403 g/mol. The maximum Gasteiger partial charge on any atom is 0.193 e. The lowest BCUT2D eigenvalue weighted by molar-refractivity contribution is 0.376. The minimum Gasteiger partial charge on any atom is -0.355 e. The van der Waals surface area contributed by atoms with Crippen LogP contribution in [0.3, 0.4) is 0 Å². The van der Waals surface area contributed by atoms with Crippen LogP contribution < -0.4 is 5.32 Å². The summed E-state index contributed by atoms with van der Waals surface area (Å²) in [5.41, 5.74) is 0. The number of halogens is 1. The fourth-order valence-corrected chi connectivity index (χ4v) is 3.21. The molecule has 0 saturated carbocycles. The first-order valence-corrected chi connectivity index (χ1v) is 8.38. The number of hydrogen-bond acceptors (Lipinski definition) is 3. The summed E-state index contributed by atoms with van der Waals surface area (Å²) in [5.74, 6) is 2.24. The number of aliphatic imine (C=N–C) groups is 1. The number of hydrogen-bond donors (Lipinski definition) is 1. The van der Waals surface area contributed by atoms with Crippen molar-refractivity contribution in [3.8, 4) is 0 Å². The standard InChI is InChI=1S/C12H25N3S2.HI/c1-10(16-5)8-14-11(13-4)15-6-7-17-12(2,3)9-15;/h10H,6-9H2,1-5H3,(H,13,14);1H. The number of guanidine groups is 1. The van der Waals surface area contributed by atoms with E-state index in [0.29, 0.717) is 10.00 Å². The zero-order chi connectivity index (χ0) is 12.9. The summed E-state index contributed by atoms with van der Waals surface area (Å²) < 4.78 is 0.334. The molecule has 1 atom stereocenters. The van der Waals surface area contributed by atoms with Crippen LogP contribution in [-0.4, -0.2) is 59.5 Å². The smallest absolute Gasteiger partial charge is 0.193 e. The molecular weight excluding hydrogens is 377 g/mol. The van der Waals surface area contributed by atoms with Gasteiger partial charge in [-0.15, -0.1) is 24.0 Å². The van der Waals surface area contributed by atoms with Gasteiger partial charge in [-0.05, 0) is 20.1 Å². The maximum atomic E-state index is 4.40. The molecule has 1 N–H and O–H groups in total. The average Bonchev–Trinajstić information content (AvgIpc) is 2.28. The third-order valence-corrected chi connectivity index (χ3v) is 5.16. The molecule has 1 rings (SSSR count). The Morgan fingerprint density at radius 2 is 2.22 bits per heavy atom. The summed E-state index contributed by atoms with van der Waals surface area (Å²) in [4.78, 5) is 6.77. The Bertz CT molecular complexity index is 272. The highest BCUT2D eigenvalue weighted by Gasteiger charge is 2.28. The summed E-state index contributed by atoms with van der Waals surface area (Å²) >= 11 is 3.94. The maximum absolute atomic E-state index is 4.40. The number of thioether (sulfide) groups is 2. The van der Waals surface area contributed by atoms with E-state index in [0.717, 1.165) is 25.6 Å². The van der Waals surface area contributed by atoms with Crippen LogP contribution in [0.15, 0.2) is 4.99 Å². The third-order valence-electron chi connectivity index (χ3n) is 2.89. The molecule has 0 aromatic heterocycles. The molecule has 0 bridgehead atoms. The van der Waals surface area contributed by atoms with E-state index in [-0.39, 0.29) is 24.0 Å². The Kier molecular flexibility index (Phi) is 9.13. The largest absolute Gasteiger partial charge is 0.355 e. The Labute approximate surface area is 137 Å². The highest BCUT2D eigenvalue weighted by Crippen LogP contribution is 2.29. The Hall–Kier alpha value is 0.700. The van der Waals surface area contributed by atoms with Crippen molar-refractivity contribution in [2.24, 2.45) is 4.99 Å². The molecule has 1 aliphatic heterocycles. The molecule has 1 saturated heterocycles. The van der Waals surface area contributed by atoms with Crippen molar-refractivity contribution in [2.75, 3.05) is 38.7 Å². The van der Waals surface area contributed by atoms with Crippen LogP contribution >= 0.6 is 47.5 Å². The molecule has 18 heavy (non-hydrogen) atoms. The lowest BCUT2D eigenvalue weighted by Crippen LogP contribution is -2.51. The van der Waals surface area contributed by atoms with Crippen molar-refractivity contribution in [1.82, 2.24) is 10.2 Å². The quantitative estimate of drug-likeness (QED) is 0.446. The molecule has 0 amide bonds. The highest BCUT2D eigenvalue weighted by molar-refractivity contribution is 14.0. The first-order chi connectivity index (χ1) is 7.98. The van der Waals surface area contributed by atoms with E-state index < -0.39 is 0 Å². The molecule has 0 aliphatic carbocycles. The van der Waals surface area contributed by atoms with Gasteiger partial charge in [0.25, 0.3) is 0 Å². The molecule has 1 unspecified atom stereocenters. The second-order valence-corrected chi connectivity index (χ2v) is 8.08. The minimum atomic E-state index is 0. The van der Waals surface area contributed by atoms with Crippen molar-refractivity contribution in [2.45, 2.75) is 30.8 Å². The van der Waals surface area contributed by atoms with E-state index >= 15 is 0 Å². The van der Waals surface area contributed by atoms with Crippen molar-refractivity contribution < 1.29 is 0 Å². The zero-order valence-electron chi connectivity index (χ0n) is 12.0. The van der Waals surface area contributed by atoms with Gasteiger partial charge in [0.1, 0.15) is 0 Å². The van der Waals surface area contributed by atoms with Gasteiger partial charge in [-0.3, -0.25) is 4.99 Å². The predicted molar refractivity (Wildman–Crippen MR) is 97.9 cm³/mol. The second kappa shape index (κ2) is 8.79. The molecule has 1 heterocycles. The Balaban J connectivity index is 0.00000289. The third kappa shape index (κ3) is 6.23. The van der Waals surface area contributed by atoms with E-state index in [2.05, 4.69) is 54.0 Å². The SMILES string of the molecule is CN=C(NCC(C)SC)N1CCSC(C)(C)C1.I. The monoisotopic (exact) mass is 403 g/mol. The van der Waals surface area contributed by atoms with Crippen molar-refractivity contribution in [3.05, 3.63) is 0 Å². The van der Waals surface area contributed by atoms with Crippen molar-refractivity contribution in [3.63, 3.8) is 0 Å². The van der Waals surface area contributed by atoms with Crippen LogP contribution in [0.25, 0.3) is 0 Å². The highest BCUT2D eigenvalue weighted by atomic mass is 127. The van der Waals surface area contributed by atoms with Gasteiger partial charge in [-0.25, -0.2) is 0 Å². The first kappa shape index (κ1) is 18.7. The molecule has 0 aromatic rings. The van der Waals surface area contributed by atoms with Crippen LogP contribution in [0.5, 0.6) is 0 Å². The van der Waals surface area contributed by atoms with E-state index in [1.807, 2.05) is 18.8 Å². The lowest BCUT2D eigenvalue weighted by Gasteiger charge is -2.39. The van der Waals surface area contributed by atoms with E-state index in [4.69, 9.17) is 0 Å². The van der Waals surface area contributed by atoms with Gasteiger partial charge < -0.3 is 10.2 Å². The lowest BCUT2D eigenvalue weighted by atomic mass is 10.2. The van der Waals surface area contributed by atoms with Crippen LogP contribution in [0.2, 0.25) is 0 Å². The van der Waals surface area contributed by atoms with Gasteiger partial charge in [-0.1, -0.05) is 6.92 Å². The molecule has 1 fully saturated rings. The summed E-state index contributed by atoms with van der Waals surface area (Å²) in [6.07, 6.45) is 2.15. The van der Waals surface area contributed by atoms with Crippen LogP contribution in [0.4, 0.5) is 0 Å². The van der Waals surface area contributed by atoms with Gasteiger partial charge in [0.2, 0.25) is 0 Å². The molecule has 0 radical (unpaired) electrons.